The van der Waals surface area contributed by atoms with Crippen molar-refractivity contribution < 1.29 is 77.0 Å². The molecule has 16 nitrogen and oxygen atoms in total. The summed E-state index contributed by atoms with van der Waals surface area (Å²) in [5, 5.41) is 33.7. The van der Waals surface area contributed by atoms with E-state index in [1.54, 1.807) is 12.5 Å². The smallest absolute Gasteiger partial charge is 0.186 e. The van der Waals surface area contributed by atoms with E-state index >= 15 is 0 Å². The van der Waals surface area contributed by atoms with Gasteiger partial charge in [-0.1, -0.05) is 177 Å². The van der Waals surface area contributed by atoms with Gasteiger partial charge in [0, 0.05) is 47.3 Å². The molecule has 16 heteroatoms. The first-order valence-corrected chi connectivity index (χ1v) is 41.4. The summed E-state index contributed by atoms with van der Waals surface area (Å²) in [5.74, 6) is 6.91. The molecule has 8 heterocycles. The van der Waals surface area contributed by atoms with Gasteiger partial charge in [0.25, 0.3) is 0 Å². The largest absolute Gasteiger partial charge is 0.387 e. The fourth-order valence-corrected chi connectivity index (χ4v) is 25.8. The van der Waals surface area contributed by atoms with Crippen LogP contribution in [0, 0.1) is 98.6 Å². The summed E-state index contributed by atoms with van der Waals surface area (Å²) in [4.78, 5) is 10.6. The molecule has 14 fully saturated rings. The average Bonchev–Trinajstić information content (AvgIpc) is 1.57. The quantitative estimate of drug-likeness (QED) is 0.150. The second-order valence-corrected chi connectivity index (χ2v) is 37.2. The molecule has 16 aliphatic rings. The lowest BCUT2D eigenvalue weighted by atomic mass is 9.47. The Morgan fingerprint density at radius 1 is 0.467 bits per heavy atom. The highest BCUT2D eigenvalue weighted by Gasteiger charge is 2.71. The van der Waals surface area contributed by atoms with Crippen LogP contribution in [-0.4, -0.2) is 139 Å². The van der Waals surface area contributed by atoms with Crippen LogP contribution in [0.4, 0.5) is 0 Å². The second-order valence-electron chi connectivity index (χ2n) is 37.2. The molecule has 0 amide bonds. The summed E-state index contributed by atoms with van der Waals surface area (Å²) < 4.78 is 77.4. The van der Waals surface area contributed by atoms with Crippen molar-refractivity contribution in [1.82, 2.24) is 0 Å². The standard InChI is InChI=1S/C41H58O7.C40H56O8.C8H8O/c1-23-13-18-41(44-21-23)25(3)34-32(48-41)20-31-29-12-11-27-19-28(14-16-39(27,4)30(29)15-17-40(31,34)5)45-38-35(42)24(2)36-33(46-38)22-43-37(47-36)26-9-7-6-8-10-26;1-22-12-17-40(44-20-22)23(2)32-30(48-40)19-29-27-11-10-25-18-26(13-15-38(25,3)28(27)14-16-39(29,32)4)45-37-34(42)33(41)35-31(46-37)21-43-36(47-35)24-8-6-5-7-9-24;1-7(9)8-5-3-2-4-6-8/h6-11,23-25,28-38,42H,12-22H2,1-5H3;5-10,22-23,26-37,41-42H,11-21H2,1-4H3;2-6H,1H3/t23-,24-,25+,28+,29-,30+,31+,32+,33?,34+,35?,36+,37?,38-,39+,40+,41-;22-,23+,26+,27-,28+,29+,30+,31?,32+,33-,34?,35-,36?,37-,38+,39+,40-;/m11./s1. The van der Waals surface area contributed by atoms with Crippen LogP contribution in [0.15, 0.2) is 114 Å². The molecule has 8 saturated heterocycles. The van der Waals surface area contributed by atoms with Crippen molar-refractivity contribution in [2.24, 2.45) is 98.6 Å². The Balaban J connectivity index is 0.000000138. The Morgan fingerprint density at radius 2 is 0.905 bits per heavy atom. The van der Waals surface area contributed by atoms with Crippen molar-refractivity contribution in [3.05, 3.63) is 131 Å². The van der Waals surface area contributed by atoms with Crippen LogP contribution in [0.25, 0.3) is 0 Å². The Hall–Kier alpha value is -3.79. The Kier molecular flexibility index (Phi) is 20.3. The van der Waals surface area contributed by atoms with Crippen LogP contribution >= 0.6 is 0 Å². The van der Waals surface area contributed by atoms with Crippen LogP contribution < -0.4 is 0 Å². The van der Waals surface area contributed by atoms with Gasteiger partial charge in [-0.25, -0.2) is 0 Å². The lowest BCUT2D eigenvalue weighted by Gasteiger charge is -2.58. The summed E-state index contributed by atoms with van der Waals surface area (Å²) in [6.45, 7) is 25.8. The van der Waals surface area contributed by atoms with E-state index in [0.717, 1.165) is 105 Å². The summed E-state index contributed by atoms with van der Waals surface area (Å²) >= 11 is 0. The van der Waals surface area contributed by atoms with Crippen molar-refractivity contribution in [3.8, 4) is 0 Å². The van der Waals surface area contributed by atoms with E-state index in [-0.39, 0.29) is 65.1 Å². The number of ether oxygens (including phenoxy) is 12. The topological polar surface area (TPSA) is 189 Å². The highest BCUT2D eigenvalue weighted by molar-refractivity contribution is 5.93. The number of rotatable bonds is 7. The maximum atomic E-state index is 11.4. The van der Waals surface area contributed by atoms with Gasteiger partial charge in [-0.3, -0.25) is 4.79 Å². The number of allylic oxidation sites excluding steroid dienone is 2. The molecule has 19 rings (SSSR count). The molecule has 6 unspecified atom stereocenters. The SMILES string of the molecule is CC(=O)c1ccccc1.C[C@@H]1CC[C@@]2(OC1)O[C@H]1C[C@H]3[C@@H]4CC=C5C[C@@H](O[C@@H]6OC7COC(c8ccccc8)O[C@H]7[C@H](C)C6O)CC[C@]5(C)[C@H]4CC[C@]3(C)[C@H]1[C@@H]2C.C[C@@H]1CC[C@@]2(OC1)O[C@H]1C[C@H]3[C@@H]4CC=C5C[C@@H](O[C@@H]6OC7COC(c8ccccc8)O[C@H]7[C@H](O)C6O)CC[C@]5(C)[C@H]4CC[C@]3(C)[C@H]1[C@@H]2C. The summed E-state index contributed by atoms with van der Waals surface area (Å²) in [6, 6.07) is 28.9. The first kappa shape index (κ1) is 74.0. The molecule has 2 spiro atoms. The van der Waals surface area contributed by atoms with Crippen molar-refractivity contribution in [2.75, 3.05) is 26.4 Å². The number of carbonyl (C=O) groups is 1. The van der Waals surface area contributed by atoms with Crippen LogP contribution in [-0.2, 0) is 56.8 Å². The van der Waals surface area contributed by atoms with E-state index in [4.69, 9.17) is 56.8 Å². The van der Waals surface area contributed by atoms with Gasteiger partial charge >= 0.3 is 0 Å². The monoisotopic (exact) mass is 1450 g/mol. The molecule has 3 aromatic rings. The number of benzene rings is 3. The zero-order chi connectivity index (χ0) is 72.7. The van der Waals surface area contributed by atoms with Gasteiger partial charge in [0.15, 0.2) is 42.5 Å². The highest BCUT2D eigenvalue weighted by Crippen LogP contribution is 2.73. The number of fused-ring (bicyclic) bond motifs is 16. The van der Waals surface area contributed by atoms with Gasteiger partial charge < -0.3 is 72.2 Å². The maximum absolute atomic E-state index is 11.4. The molecule has 3 aromatic carbocycles. The van der Waals surface area contributed by atoms with E-state index in [1.807, 2.05) is 91.0 Å². The zero-order valence-electron chi connectivity index (χ0n) is 64.2. The number of ketones is 1. The third kappa shape index (κ3) is 12.9. The van der Waals surface area contributed by atoms with E-state index in [1.165, 1.54) is 63.4 Å². The minimum Gasteiger partial charge on any atom is -0.387 e. The first-order chi connectivity index (χ1) is 50.5. The van der Waals surface area contributed by atoms with Gasteiger partial charge in [0.05, 0.1) is 56.9 Å². The maximum Gasteiger partial charge on any atom is 0.186 e. The summed E-state index contributed by atoms with van der Waals surface area (Å²) in [6.07, 6.45) is 18.8. The lowest BCUT2D eigenvalue weighted by Crippen LogP contribution is -2.62. The number of hydrogen-bond acceptors (Lipinski definition) is 16. The molecule has 6 saturated carbocycles. The van der Waals surface area contributed by atoms with Crippen molar-refractivity contribution in [2.45, 2.75) is 289 Å². The van der Waals surface area contributed by atoms with E-state index in [9.17, 15) is 20.1 Å². The van der Waals surface area contributed by atoms with Crippen molar-refractivity contribution in [3.63, 3.8) is 0 Å². The fraction of sp³-hybridized carbons (Fsp3) is 0.742. The Bertz CT molecular complexity index is 3380. The molecule has 8 aliphatic carbocycles. The molecule has 34 atom stereocenters. The zero-order valence-corrected chi connectivity index (χ0v) is 64.2. The number of hydrogen-bond donors (Lipinski definition) is 3. The van der Waals surface area contributed by atoms with Crippen LogP contribution in [0.2, 0.25) is 0 Å². The van der Waals surface area contributed by atoms with Gasteiger partial charge in [0.1, 0.15) is 36.6 Å². The number of carbonyl (C=O) groups excluding carboxylic acids is 1. The normalized spacial score (nSPS) is 50.5. The summed E-state index contributed by atoms with van der Waals surface area (Å²) in [5.41, 5.74) is 6.79. The third-order valence-electron chi connectivity index (χ3n) is 31.7. The number of aliphatic hydroxyl groups is 3. The predicted molar refractivity (Wildman–Crippen MR) is 394 cm³/mol. The van der Waals surface area contributed by atoms with Gasteiger partial charge in [-0.15, -0.1) is 0 Å². The Labute approximate surface area is 624 Å². The molecule has 0 aromatic heterocycles. The van der Waals surface area contributed by atoms with E-state index in [2.05, 4.69) is 74.5 Å². The van der Waals surface area contributed by atoms with Gasteiger partial charge in [0.2, 0.25) is 0 Å². The molecule has 105 heavy (non-hydrogen) atoms. The molecule has 8 aliphatic heterocycles. The predicted octanol–water partition coefficient (Wildman–Crippen LogP) is 15.8. The molecule has 3 N–H and O–H groups in total. The second kappa shape index (κ2) is 28.8. The van der Waals surface area contributed by atoms with E-state index < -0.39 is 55.7 Å². The fourth-order valence-electron chi connectivity index (χ4n) is 25.8. The van der Waals surface area contributed by atoms with Crippen LogP contribution in [0.1, 0.15) is 219 Å². The Morgan fingerprint density at radius 3 is 1.34 bits per heavy atom. The van der Waals surface area contributed by atoms with Gasteiger partial charge in [-0.05, 0) is 190 Å². The highest BCUT2D eigenvalue weighted by atomic mass is 16.8. The van der Waals surface area contributed by atoms with Gasteiger partial charge in [-0.2, -0.15) is 0 Å². The molecule has 574 valence electrons. The minimum absolute atomic E-state index is 0.0510. The number of Topliss-reactive ketones (excluding diaryl/α,β-unsaturated/α-hetero) is 1. The molecular weight excluding hydrogens is 1320 g/mol. The van der Waals surface area contributed by atoms with E-state index in [0.29, 0.717) is 82.9 Å². The minimum atomic E-state index is -1.19. The lowest BCUT2D eigenvalue weighted by molar-refractivity contribution is -0.367. The van der Waals surface area contributed by atoms with Crippen molar-refractivity contribution >= 4 is 5.78 Å². The number of aliphatic hydroxyl groups excluding tert-OH is 3. The molecular formula is C89H122O16. The van der Waals surface area contributed by atoms with Crippen LogP contribution in [0.3, 0.4) is 0 Å². The molecule has 0 radical (unpaired) electrons. The average molecular weight is 1450 g/mol. The summed E-state index contributed by atoms with van der Waals surface area (Å²) in [7, 11) is 0. The van der Waals surface area contributed by atoms with Crippen molar-refractivity contribution in [1.29, 1.82) is 0 Å². The third-order valence-corrected chi connectivity index (χ3v) is 31.7. The van der Waals surface area contributed by atoms with Crippen LogP contribution in [0.5, 0.6) is 0 Å². The molecule has 0 bridgehead atoms. The first-order valence-electron chi connectivity index (χ1n) is 41.4.